The number of nitrogens with zero attached hydrogens (tertiary/aromatic N) is 4. The van der Waals surface area contributed by atoms with Gasteiger partial charge in [0, 0.05) is 44.8 Å². The monoisotopic (exact) mass is 379 g/mol. The molecule has 1 amide bonds. The molecule has 0 bridgehead atoms. The second-order valence-corrected chi connectivity index (χ2v) is 6.95. The maximum atomic E-state index is 12.8. The molecule has 0 atom stereocenters. The van der Waals surface area contributed by atoms with Gasteiger partial charge in [0.05, 0.1) is 16.9 Å². The highest BCUT2D eigenvalue weighted by Gasteiger charge is 2.19. The van der Waals surface area contributed by atoms with Gasteiger partial charge in [-0.1, -0.05) is 0 Å². The van der Waals surface area contributed by atoms with Crippen molar-refractivity contribution in [2.24, 2.45) is 14.1 Å². The van der Waals surface area contributed by atoms with Crippen molar-refractivity contribution in [1.29, 1.82) is 0 Å². The fraction of sp³-hybridized carbons (Fsp3) is 0.300. The van der Waals surface area contributed by atoms with Crippen molar-refractivity contribution in [3.63, 3.8) is 0 Å². The molecule has 144 valence electrons. The number of pyridine rings is 1. The zero-order valence-corrected chi connectivity index (χ0v) is 15.8. The molecule has 8 nitrogen and oxygen atoms in total. The summed E-state index contributed by atoms with van der Waals surface area (Å²) in [5.41, 5.74) is 1.39. The highest BCUT2D eigenvalue weighted by molar-refractivity contribution is 6.09. The van der Waals surface area contributed by atoms with E-state index in [1.54, 1.807) is 6.20 Å². The maximum Gasteiger partial charge on any atom is 0.331 e. The fourth-order valence-corrected chi connectivity index (χ4v) is 3.62. The van der Waals surface area contributed by atoms with Crippen molar-refractivity contribution in [1.82, 2.24) is 14.1 Å². The van der Waals surface area contributed by atoms with Crippen LogP contribution < -0.4 is 21.5 Å². The van der Waals surface area contributed by atoms with Gasteiger partial charge in [-0.25, -0.2) is 4.79 Å². The quantitative estimate of drug-likeness (QED) is 0.745. The van der Waals surface area contributed by atoms with Crippen molar-refractivity contribution in [3.05, 3.63) is 63.1 Å². The first kappa shape index (κ1) is 18.0. The lowest BCUT2D eigenvalue weighted by Crippen LogP contribution is -2.40. The van der Waals surface area contributed by atoms with Crippen molar-refractivity contribution in [2.75, 3.05) is 23.3 Å². The molecule has 8 heteroatoms. The van der Waals surface area contributed by atoms with Gasteiger partial charge in [0.2, 0.25) is 0 Å². The lowest BCUT2D eigenvalue weighted by atomic mass is 10.1. The summed E-state index contributed by atoms with van der Waals surface area (Å²) in [5.74, 6) is -0.517. The minimum Gasteiger partial charge on any atom is -0.370 e. The summed E-state index contributed by atoms with van der Waals surface area (Å²) in [6, 6.07) is 8.68. The van der Waals surface area contributed by atoms with E-state index in [9.17, 15) is 14.4 Å². The first-order chi connectivity index (χ1) is 13.5. The van der Waals surface area contributed by atoms with E-state index in [1.807, 2.05) is 24.3 Å². The third kappa shape index (κ3) is 2.96. The SMILES string of the molecule is Cn1c(C(=O)Nc2ccc(N3CCCC3)c3ncccc23)cc(=O)n(C)c1=O. The van der Waals surface area contributed by atoms with Crippen LogP contribution in [0.2, 0.25) is 0 Å². The van der Waals surface area contributed by atoms with Crippen molar-refractivity contribution in [2.45, 2.75) is 12.8 Å². The number of benzene rings is 1. The lowest BCUT2D eigenvalue weighted by Gasteiger charge is -2.20. The highest BCUT2D eigenvalue weighted by Crippen LogP contribution is 2.32. The summed E-state index contributed by atoms with van der Waals surface area (Å²) in [7, 11) is 2.84. The Labute approximate surface area is 161 Å². The average Bonchev–Trinajstić information content (AvgIpc) is 3.24. The maximum absolute atomic E-state index is 12.8. The number of aromatic nitrogens is 3. The van der Waals surface area contributed by atoms with Crippen LogP contribution >= 0.6 is 0 Å². The second kappa shape index (κ2) is 6.95. The van der Waals surface area contributed by atoms with Gasteiger partial charge in [0.15, 0.2) is 0 Å². The molecule has 0 saturated carbocycles. The molecule has 1 aliphatic rings. The van der Waals surface area contributed by atoms with E-state index in [2.05, 4.69) is 15.2 Å². The number of fused-ring (bicyclic) bond motifs is 1. The van der Waals surface area contributed by atoms with Gasteiger partial charge in [-0.05, 0) is 37.1 Å². The van der Waals surface area contributed by atoms with E-state index in [-0.39, 0.29) is 5.69 Å². The van der Waals surface area contributed by atoms with Crippen LogP contribution in [-0.4, -0.2) is 33.1 Å². The number of nitrogens with one attached hydrogen (secondary N) is 1. The number of carbonyl (C=O) groups excluding carboxylic acids is 1. The van der Waals surface area contributed by atoms with Gasteiger partial charge in [0.1, 0.15) is 5.69 Å². The molecular formula is C20H21N5O3. The van der Waals surface area contributed by atoms with Gasteiger partial charge in [-0.15, -0.1) is 0 Å². The number of carbonyl (C=O) groups is 1. The normalized spacial score (nSPS) is 13.9. The van der Waals surface area contributed by atoms with Gasteiger partial charge in [-0.2, -0.15) is 0 Å². The van der Waals surface area contributed by atoms with E-state index in [4.69, 9.17) is 0 Å². The van der Waals surface area contributed by atoms with Crippen molar-refractivity contribution < 1.29 is 4.79 Å². The molecule has 3 heterocycles. The summed E-state index contributed by atoms with van der Waals surface area (Å²) < 4.78 is 2.12. The number of amides is 1. The minimum atomic E-state index is -0.548. The van der Waals surface area contributed by atoms with Gasteiger partial charge in [-0.3, -0.25) is 23.7 Å². The summed E-state index contributed by atoms with van der Waals surface area (Å²) >= 11 is 0. The van der Waals surface area contributed by atoms with Gasteiger partial charge < -0.3 is 10.2 Å². The predicted octanol–water partition coefficient (Wildman–Crippen LogP) is 1.48. The van der Waals surface area contributed by atoms with Crippen LogP contribution in [0.1, 0.15) is 23.3 Å². The van der Waals surface area contributed by atoms with Crippen LogP contribution in [0.15, 0.2) is 46.1 Å². The largest absolute Gasteiger partial charge is 0.370 e. The molecule has 1 saturated heterocycles. The molecule has 1 aromatic carbocycles. The van der Waals surface area contributed by atoms with Gasteiger partial charge >= 0.3 is 5.69 Å². The first-order valence-electron chi connectivity index (χ1n) is 9.18. The molecule has 3 aromatic rings. The van der Waals surface area contributed by atoms with E-state index in [0.717, 1.165) is 57.7 Å². The number of anilines is 2. The molecule has 28 heavy (non-hydrogen) atoms. The number of hydrogen-bond acceptors (Lipinski definition) is 5. The Hall–Kier alpha value is -3.42. The van der Waals surface area contributed by atoms with Crippen LogP contribution in [0, 0.1) is 0 Å². The van der Waals surface area contributed by atoms with E-state index in [1.165, 1.54) is 14.1 Å². The third-order valence-corrected chi connectivity index (χ3v) is 5.20. The number of hydrogen-bond donors (Lipinski definition) is 1. The molecule has 0 spiro atoms. The molecule has 0 unspecified atom stereocenters. The second-order valence-electron chi connectivity index (χ2n) is 6.95. The number of rotatable bonds is 3. The van der Waals surface area contributed by atoms with Gasteiger partial charge in [0.25, 0.3) is 11.5 Å². The van der Waals surface area contributed by atoms with Crippen LogP contribution in [0.4, 0.5) is 11.4 Å². The van der Waals surface area contributed by atoms with Crippen LogP contribution in [0.25, 0.3) is 10.9 Å². The molecule has 1 N–H and O–H groups in total. The Morgan fingerprint density at radius 2 is 1.82 bits per heavy atom. The lowest BCUT2D eigenvalue weighted by molar-refractivity contribution is 0.101. The fourth-order valence-electron chi connectivity index (χ4n) is 3.62. The zero-order valence-electron chi connectivity index (χ0n) is 15.8. The van der Waals surface area contributed by atoms with Crippen LogP contribution in [0.5, 0.6) is 0 Å². The minimum absolute atomic E-state index is 0.00811. The van der Waals surface area contributed by atoms with Crippen molar-refractivity contribution in [3.8, 4) is 0 Å². The Balaban J connectivity index is 1.75. The zero-order chi connectivity index (χ0) is 19.8. The average molecular weight is 379 g/mol. The topological polar surface area (TPSA) is 89.2 Å². The molecule has 0 radical (unpaired) electrons. The summed E-state index contributed by atoms with van der Waals surface area (Å²) in [6.45, 7) is 1.99. The van der Waals surface area contributed by atoms with Crippen LogP contribution in [0.3, 0.4) is 0 Å². The molecular weight excluding hydrogens is 358 g/mol. The van der Waals surface area contributed by atoms with E-state index < -0.39 is 17.2 Å². The Kier molecular flexibility index (Phi) is 4.46. The summed E-state index contributed by atoms with van der Waals surface area (Å²) in [6.07, 6.45) is 4.05. The summed E-state index contributed by atoms with van der Waals surface area (Å²) in [4.78, 5) is 43.6. The predicted molar refractivity (Wildman–Crippen MR) is 108 cm³/mol. The molecule has 1 fully saturated rings. The molecule has 0 aliphatic carbocycles. The third-order valence-electron chi connectivity index (χ3n) is 5.20. The Bertz CT molecular complexity index is 1190. The van der Waals surface area contributed by atoms with E-state index in [0.29, 0.717) is 5.69 Å². The standard InChI is InChI=1S/C20H21N5O3/c1-23-16(12-17(26)24(2)20(23)28)19(27)22-14-7-8-15(25-10-3-4-11-25)18-13(14)6-5-9-21-18/h5-9,12H,3-4,10-11H2,1-2H3,(H,22,27). The van der Waals surface area contributed by atoms with Crippen LogP contribution in [-0.2, 0) is 14.1 Å². The molecule has 2 aromatic heterocycles. The molecule has 4 rings (SSSR count). The Morgan fingerprint density at radius 1 is 1.07 bits per heavy atom. The molecule has 1 aliphatic heterocycles. The van der Waals surface area contributed by atoms with Crippen molar-refractivity contribution >= 4 is 28.2 Å². The van der Waals surface area contributed by atoms with E-state index >= 15 is 0 Å². The summed E-state index contributed by atoms with van der Waals surface area (Å²) in [5, 5.41) is 3.64. The first-order valence-corrected chi connectivity index (χ1v) is 9.18. The highest BCUT2D eigenvalue weighted by atomic mass is 16.2. The smallest absolute Gasteiger partial charge is 0.331 e. The Morgan fingerprint density at radius 3 is 2.57 bits per heavy atom.